The Balaban J connectivity index is 2.00. The number of hydrogen-bond acceptors (Lipinski definition) is 3. The second kappa shape index (κ2) is 9.12. The van der Waals surface area contributed by atoms with Crippen LogP contribution in [0.15, 0.2) is 65.6 Å². The lowest BCUT2D eigenvalue weighted by atomic mass is 10.1. The van der Waals surface area contributed by atoms with Crippen LogP contribution in [0.5, 0.6) is 0 Å². The smallest absolute Gasteiger partial charge is 0.264 e. The molecule has 5 nitrogen and oxygen atoms in total. The highest BCUT2D eigenvalue weighted by Gasteiger charge is 2.28. The first-order chi connectivity index (χ1) is 14.6. The summed E-state index contributed by atoms with van der Waals surface area (Å²) in [5.41, 5.74) is 4.52. The molecule has 0 aliphatic heterocycles. The van der Waals surface area contributed by atoms with E-state index in [0.717, 1.165) is 21.0 Å². The molecule has 3 rings (SSSR count). The van der Waals surface area contributed by atoms with Gasteiger partial charge in [0, 0.05) is 10.7 Å². The molecule has 162 valence electrons. The highest BCUT2D eigenvalue weighted by molar-refractivity contribution is 7.92. The van der Waals surface area contributed by atoms with Crippen molar-refractivity contribution in [1.82, 2.24) is 0 Å². The van der Waals surface area contributed by atoms with Gasteiger partial charge in [0.1, 0.15) is 6.54 Å². The number of hydrogen-bond donors (Lipinski definition) is 1. The molecule has 0 atom stereocenters. The number of halogens is 1. The Morgan fingerprint density at radius 1 is 0.903 bits per heavy atom. The van der Waals surface area contributed by atoms with Crippen LogP contribution >= 0.6 is 11.6 Å². The van der Waals surface area contributed by atoms with Crippen LogP contribution in [0, 0.1) is 27.7 Å². The van der Waals surface area contributed by atoms with E-state index < -0.39 is 15.9 Å². The van der Waals surface area contributed by atoms with Crippen LogP contribution < -0.4 is 9.62 Å². The molecule has 0 bridgehead atoms. The van der Waals surface area contributed by atoms with E-state index >= 15 is 0 Å². The van der Waals surface area contributed by atoms with Crippen LogP contribution in [-0.2, 0) is 14.8 Å². The third-order valence-electron chi connectivity index (χ3n) is 4.91. The Morgan fingerprint density at radius 3 is 2.13 bits per heavy atom. The van der Waals surface area contributed by atoms with Gasteiger partial charge in [0.15, 0.2) is 0 Å². The Hall–Kier alpha value is -2.83. The van der Waals surface area contributed by atoms with Gasteiger partial charge in [0.25, 0.3) is 10.0 Å². The number of amides is 1. The molecule has 0 unspecified atom stereocenters. The van der Waals surface area contributed by atoms with Crippen LogP contribution in [0.2, 0.25) is 5.02 Å². The van der Waals surface area contributed by atoms with Gasteiger partial charge < -0.3 is 5.32 Å². The van der Waals surface area contributed by atoms with E-state index in [0.29, 0.717) is 22.0 Å². The molecule has 0 spiro atoms. The van der Waals surface area contributed by atoms with E-state index in [1.165, 1.54) is 0 Å². The average molecular weight is 457 g/mol. The first-order valence-electron chi connectivity index (χ1n) is 9.80. The zero-order valence-electron chi connectivity index (χ0n) is 17.9. The lowest BCUT2D eigenvalue weighted by Gasteiger charge is -2.26. The average Bonchev–Trinajstić information content (AvgIpc) is 2.68. The van der Waals surface area contributed by atoms with E-state index in [4.69, 9.17) is 11.6 Å². The maximum atomic E-state index is 13.5. The van der Waals surface area contributed by atoms with Gasteiger partial charge in [-0.05, 0) is 80.8 Å². The Labute approximate surface area is 188 Å². The minimum Gasteiger partial charge on any atom is -0.324 e. The molecule has 1 N–H and O–H groups in total. The van der Waals surface area contributed by atoms with Crippen molar-refractivity contribution < 1.29 is 13.2 Å². The predicted molar refractivity (Wildman–Crippen MR) is 126 cm³/mol. The van der Waals surface area contributed by atoms with Crippen molar-refractivity contribution in [2.45, 2.75) is 32.6 Å². The molecule has 0 radical (unpaired) electrons. The van der Waals surface area contributed by atoms with E-state index in [2.05, 4.69) is 5.32 Å². The van der Waals surface area contributed by atoms with E-state index in [1.54, 1.807) is 49.4 Å². The van der Waals surface area contributed by atoms with Crippen molar-refractivity contribution in [1.29, 1.82) is 0 Å². The highest BCUT2D eigenvalue weighted by atomic mass is 35.5. The second-order valence-corrected chi connectivity index (χ2v) is 9.90. The fourth-order valence-electron chi connectivity index (χ4n) is 3.38. The summed E-state index contributed by atoms with van der Waals surface area (Å²) in [6.07, 6.45) is 0. The summed E-state index contributed by atoms with van der Waals surface area (Å²) in [5.74, 6) is -0.444. The molecule has 0 aliphatic carbocycles. The molecule has 0 aromatic heterocycles. The van der Waals surface area contributed by atoms with Gasteiger partial charge in [0.2, 0.25) is 5.91 Å². The molecule has 31 heavy (non-hydrogen) atoms. The molecular formula is C24H25ClN2O3S. The zero-order chi connectivity index (χ0) is 22.8. The first-order valence-corrected chi connectivity index (χ1v) is 11.6. The fraction of sp³-hybridized carbons (Fsp3) is 0.208. The van der Waals surface area contributed by atoms with Gasteiger partial charge in [-0.15, -0.1) is 0 Å². The standard InChI is InChI=1S/C24H25ClN2O3S/c1-16-8-10-21(11-9-16)31(29,30)27(23-7-5-6-22(25)19(23)4)15-24(28)26-20-13-17(2)12-18(3)14-20/h5-14H,15H2,1-4H3,(H,26,28). The summed E-state index contributed by atoms with van der Waals surface area (Å²) in [6, 6.07) is 17.2. The predicted octanol–water partition coefficient (Wildman–Crippen LogP) is 5.41. The number of anilines is 2. The van der Waals surface area contributed by atoms with Crippen molar-refractivity contribution in [2.24, 2.45) is 0 Å². The summed E-state index contributed by atoms with van der Waals surface area (Å²) in [5, 5.41) is 3.24. The fourth-order valence-corrected chi connectivity index (χ4v) is 5.03. The van der Waals surface area contributed by atoms with Gasteiger partial charge in [-0.1, -0.05) is 41.4 Å². The highest BCUT2D eigenvalue weighted by Crippen LogP contribution is 2.31. The normalized spacial score (nSPS) is 11.3. The Kier molecular flexibility index (Phi) is 6.72. The van der Waals surface area contributed by atoms with Crippen LogP contribution in [0.4, 0.5) is 11.4 Å². The first kappa shape index (κ1) is 22.8. The van der Waals surface area contributed by atoms with E-state index in [-0.39, 0.29) is 11.4 Å². The van der Waals surface area contributed by atoms with Crippen molar-refractivity contribution in [3.63, 3.8) is 0 Å². The zero-order valence-corrected chi connectivity index (χ0v) is 19.5. The number of sulfonamides is 1. The maximum Gasteiger partial charge on any atom is 0.264 e. The summed E-state index contributed by atoms with van der Waals surface area (Å²) in [6.45, 7) is 7.10. The largest absolute Gasteiger partial charge is 0.324 e. The molecule has 3 aromatic carbocycles. The molecule has 0 heterocycles. The van der Waals surface area contributed by atoms with Crippen LogP contribution in [0.3, 0.4) is 0 Å². The third-order valence-corrected chi connectivity index (χ3v) is 7.09. The van der Waals surface area contributed by atoms with Crippen molar-refractivity contribution in [3.05, 3.63) is 87.9 Å². The quantitative estimate of drug-likeness (QED) is 0.539. The lowest BCUT2D eigenvalue weighted by Crippen LogP contribution is -2.38. The second-order valence-electron chi connectivity index (χ2n) is 7.63. The lowest BCUT2D eigenvalue weighted by molar-refractivity contribution is -0.114. The van der Waals surface area contributed by atoms with Crippen molar-refractivity contribution >= 4 is 38.9 Å². The molecule has 0 aliphatic rings. The van der Waals surface area contributed by atoms with Crippen LogP contribution in [0.1, 0.15) is 22.3 Å². The van der Waals surface area contributed by atoms with Crippen molar-refractivity contribution in [2.75, 3.05) is 16.2 Å². The van der Waals surface area contributed by atoms with Crippen molar-refractivity contribution in [3.8, 4) is 0 Å². The number of benzene rings is 3. The van der Waals surface area contributed by atoms with Crippen LogP contribution in [-0.4, -0.2) is 20.9 Å². The van der Waals surface area contributed by atoms with Gasteiger partial charge in [-0.3, -0.25) is 9.10 Å². The van der Waals surface area contributed by atoms with Gasteiger partial charge in [-0.25, -0.2) is 8.42 Å². The number of carbonyl (C=O) groups excluding carboxylic acids is 1. The Morgan fingerprint density at radius 2 is 1.52 bits per heavy atom. The Bertz CT molecular complexity index is 1200. The maximum absolute atomic E-state index is 13.5. The third kappa shape index (κ3) is 5.27. The minimum absolute atomic E-state index is 0.108. The molecule has 7 heteroatoms. The summed E-state index contributed by atoms with van der Waals surface area (Å²) >= 11 is 6.25. The molecular weight excluding hydrogens is 432 g/mol. The molecule has 0 saturated heterocycles. The van der Waals surface area contributed by atoms with Gasteiger partial charge in [0.05, 0.1) is 10.6 Å². The molecule has 0 fully saturated rings. The van der Waals surface area contributed by atoms with E-state index in [1.807, 2.05) is 39.0 Å². The number of carbonyl (C=O) groups is 1. The number of nitrogens with one attached hydrogen (secondary N) is 1. The number of nitrogens with zero attached hydrogens (tertiary/aromatic N) is 1. The monoisotopic (exact) mass is 456 g/mol. The topological polar surface area (TPSA) is 66.5 Å². The molecule has 3 aromatic rings. The van der Waals surface area contributed by atoms with Gasteiger partial charge >= 0.3 is 0 Å². The molecule has 0 saturated carbocycles. The van der Waals surface area contributed by atoms with E-state index in [9.17, 15) is 13.2 Å². The molecule has 1 amide bonds. The summed E-state index contributed by atoms with van der Waals surface area (Å²) in [7, 11) is -4.00. The minimum atomic E-state index is -4.00. The number of rotatable bonds is 6. The summed E-state index contributed by atoms with van der Waals surface area (Å²) < 4.78 is 28.1. The summed E-state index contributed by atoms with van der Waals surface area (Å²) in [4.78, 5) is 13.0. The van der Waals surface area contributed by atoms with Gasteiger partial charge in [-0.2, -0.15) is 0 Å². The number of aryl methyl sites for hydroxylation is 3. The SMILES string of the molecule is Cc1ccc(S(=O)(=O)N(CC(=O)Nc2cc(C)cc(C)c2)c2cccc(Cl)c2C)cc1. The van der Waals surface area contributed by atoms with Crippen LogP contribution in [0.25, 0.3) is 0 Å².